The van der Waals surface area contributed by atoms with Crippen LogP contribution in [-0.2, 0) is 11.4 Å². The third kappa shape index (κ3) is 5.19. The lowest BCUT2D eigenvalue weighted by molar-refractivity contribution is -0.123. The fourth-order valence-electron chi connectivity index (χ4n) is 5.77. The van der Waals surface area contributed by atoms with Crippen LogP contribution in [0.15, 0.2) is 43.0 Å². The summed E-state index contributed by atoms with van der Waals surface area (Å²) >= 11 is 5.83. The van der Waals surface area contributed by atoms with E-state index in [9.17, 15) is 27.9 Å². The van der Waals surface area contributed by atoms with Crippen LogP contribution in [0.2, 0.25) is 5.02 Å². The molecule has 1 unspecified atom stereocenters. The van der Waals surface area contributed by atoms with E-state index >= 15 is 0 Å². The minimum absolute atomic E-state index is 0.114. The highest BCUT2D eigenvalue weighted by Crippen LogP contribution is 2.43. The summed E-state index contributed by atoms with van der Waals surface area (Å²) in [6.45, 7) is 3.85. The first-order chi connectivity index (χ1) is 21.1. The van der Waals surface area contributed by atoms with Gasteiger partial charge >= 0.3 is 0 Å². The van der Waals surface area contributed by atoms with Crippen molar-refractivity contribution in [2.75, 3.05) is 16.8 Å². The maximum absolute atomic E-state index is 14.9. The Morgan fingerprint density at radius 3 is 2.61 bits per heavy atom. The molecule has 4 aromatic rings. The average molecular weight is 626 g/mol. The summed E-state index contributed by atoms with van der Waals surface area (Å²) in [6.07, 6.45) is 4.66. The van der Waals surface area contributed by atoms with E-state index in [1.54, 1.807) is 22.0 Å². The summed E-state index contributed by atoms with van der Waals surface area (Å²) in [6, 6.07) is 3.59. The number of nitrogens with zero attached hydrogens (tertiary/aromatic N) is 6. The van der Waals surface area contributed by atoms with Crippen LogP contribution in [0.5, 0.6) is 0 Å². The minimum Gasteiger partial charge on any atom is -0.390 e. The second kappa shape index (κ2) is 11.6. The Kier molecular flexibility index (Phi) is 7.84. The van der Waals surface area contributed by atoms with E-state index in [1.807, 2.05) is 19.9 Å². The smallest absolute Gasteiger partial charge is 0.276 e. The Labute approximate surface area is 254 Å². The predicted octanol–water partition coefficient (Wildman–Crippen LogP) is 5.50. The Hall–Kier alpha value is -4.36. The van der Waals surface area contributed by atoms with Crippen molar-refractivity contribution in [1.29, 1.82) is 0 Å². The zero-order valence-corrected chi connectivity index (χ0v) is 24.4. The van der Waals surface area contributed by atoms with E-state index in [0.717, 1.165) is 42.3 Å². The summed E-state index contributed by atoms with van der Waals surface area (Å²) < 4.78 is 43.8. The van der Waals surface area contributed by atoms with Crippen LogP contribution in [0.4, 0.5) is 24.7 Å². The van der Waals surface area contributed by atoms with Gasteiger partial charge in [-0.15, -0.1) is 0 Å². The number of carbonyl (C=O) groups excluding carboxylic acids is 2. The van der Waals surface area contributed by atoms with Crippen molar-refractivity contribution in [3.05, 3.63) is 81.9 Å². The highest BCUT2D eigenvalue weighted by molar-refractivity contribution is 6.31. The van der Waals surface area contributed by atoms with Crippen molar-refractivity contribution in [1.82, 2.24) is 24.7 Å². The highest BCUT2D eigenvalue weighted by Gasteiger charge is 2.47. The number of aliphatic hydroxyl groups is 1. The Bertz CT molecular complexity index is 1780. The molecular weight excluding hydrogens is 599 g/mol. The fraction of sp³-hybridized carbons (Fsp3) is 0.333. The summed E-state index contributed by atoms with van der Waals surface area (Å²) in [5.74, 6) is -0.655. The Balaban J connectivity index is 1.22. The van der Waals surface area contributed by atoms with Crippen LogP contribution >= 0.6 is 11.6 Å². The number of hydrogen-bond donors (Lipinski definition) is 2. The van der Waals surface area contributed by atoms with Gasteiger partial charge in [0.1, 0.15) is 5.82 Å². The van der Waals surface area contributed by atoms with Gasteiger partial charge in [-0.05, 0) is 55.9 Å². The van der Waals surface area contributed by atoms with Crippen molar-refractivity contribution in [3.8, 4) is 11.3 Å². The lowest BCUT2D eigenvalue weighted by Crippen LogP contribution is -2.29. The number of alkyl halides is 2. The molecule has 3 aromatic heterocycles. The topological polar surface area (TPSA) is 126 Å². The summed E-state index contributed by atoms with van der Waals surface area (Å²) in [7, 11) is 0. The van der Waals surface area contributed by atoms with E-state index in [-0.39, 0.29) is 40.6 Å². The average Bonchev–Trinajstić information content (AvgIpc) is 3.54. The summed E-state index contributed by atoms with van der Waals surface area (Å²) in [4.78, 5) is 40.3. The number of carbonyl (C=O) groups is 2. The van der Waals surface area contributed by atoms with Gasteiger partial charge in [0, 0.05) is 36.0 Å². The van der Waals surface area contributed by atoms with Crippen LogP contribution in [0.1, 0.15) is 65.1 Å². The molecule has 2 amide bonds. The zero-order valence-electron chi connectivity index (χ0n) is 23.6. The van der Waals surface area contributed by atoms with Gasteiger partial charge in [0.05, 0.1) is 47.1 Å². The third-order valence-corrected chi connectivity index (χ3v) is 8.66. The number of aliphatic hydroxyl groups excluding tert-OH is 1. The largest absolute Gasteiger partial charge is 0.390 e. The Morgan fingerprint density at radius 2 is 1.98 bits per heavy atom. The molecule has 2 N–H and O–H groups in total. The number of anilines is 2. The maximum atomic E-state index is 14.9. The molecule has 228 valence electrons. The van der Waals surface area contributed by atoms with Crippen molar-refractivity contribution in [3.63, 3.8) is 0 Å². The van der Waals surface area contributed by atoms with E-state index < -0.39 is 40.9 Å². The van der Waals surface area contributed by atoms with Gasteiger partial charge in [0.2, 0.25) is 5.91 Å². The van der Waals surface area contributed by atoms with Crippen molar-refractivity contribution < 1.29 is 27.9 Å². The first-order valence-electron chi connectivity index (χ1n) is 13.9. The number of benzene rings is 1. The standard InChI is InChI=1S/C30H27ClF3N7O3/c1-14-7-24(40-11-16-3-4-18(16)30(40)44)36-9-20(14)15(2)41-12-17(8-37-41)38-29(43)27-23(13-42)35-10-22(39-27)25-19(28(33)34)5-6-21(31)26(25)32/h5-10,12,15-16,18,28,42H,3-4,11,13H2,1-2H3,(H,38,43)/t15?,16-,18-/m1/s1. The van der Waals surface area contributed by atoms with E-state index in [4.69, 9.17) is 11.6 Å². The van der Waals surface area contributed by atoms with Crippen LogP contribution < -0.4 is 10.2 Å². The van der Waals surface area contributed by atoms with Gasteiger partial charge in [-0.1, -0.05) is 17.7 Å². The number of nitrogens with one attached hydrogen (secondary N) is 1. The molecule has 2 fully saturated rings. The molecule has 14 heteroatoms. The van der Waals surface area contributed by atoms with E-state index in [2.05, 4.69) is 25.4 Å². The minimum atomic E-state index is -3.05. The van der Waals surface area contributed by atoms with Crippen molar-refractivity contribution in [2.45, 2.75) is 45.8 Å². The van der Waals surface area contributed by atoms with Crippen LogP contribution in [0.3, 0.4) is 0 Å². The van der Waals surface area contributed by atoms with Gasteiger partial charge in [-0.3, -0.25) is 24.2 Å². The molecule has 10 nitrogen and oxygen atoms in total. The molecule has 1 aliphatic heterocycles. The molecule has 3 atom stereocenters. The molecule has 2 aliphatic rings. The van der Waals surface area contributed by atoms with Crippen LogP contribution in [0.25, 0.3) is 11.3 Å². The predicted molar refractivity (Wildman–Crippen MR) is 155 cm³/mol. The van der Waals surface area contributed by atoms with Crippen LogP contribution in [-0.4, -0.2) is 48.2 Å². The molecule has 1 saturated heterocycles. The lowest BCUT2D eigenvalue weighted by Gasteiger charge is -2.25. The molecule has 6 rings (SSSR count). The number of pyridine rings is 1. The SMILES string of the molecule is Cc1cc(N2C[C@H]3CC[C@H]3C2=O)ncc1C(C)n1cc(NC(=O)c2nc(-c3c(C(F)F)ccc(Cl)c3F)cnc2CO)cn1. The first-order valence-corrected chi connectivity index (χ1v) is 14.3. The maximum Gasteiger partial charge on any atom is 0.276 e. The molecular formula is C30H27ClF3N7O3. The number of hydrogen-bond acceptors (Lipinski definition) is 7. The lowest BCUT2D eigenvalue weighted by atomic mass is 9.76. The van der Waals surface area contributed by atoms with Crippen molar-refractivity contribution in [2.24, 2.45) is 11.8 Å². The molecule has 0 spiro atoms. The summed E-state index contributed by atoms with van der Waals surface area (Å²) in [5.41, 5.74) is -0.0591. The molecule has 1 saturated carbocycles. The molecule has 0 radical (unpaired) electrons. The number of aromatic nitrogens is 5. The quantitative estimate of drug-likeness (QED) is 0.265. The van der Waals surface area contributed by atoms with E-state index in [1.165, 1.54) is 6.20 Å². The summed E-state index contributed by atoms with van der Waals surface area (Å²) in [5, 5.41) is 16.3. The number of fused-ring (bicyclic) bond motifs is 1. The van der Waals surface area contributed by atoms with Gasteiger partial charge in [-0.2, -0.15) is 5.10 Å². The molecule has 4 heterocycles. The molecule has 1 aromatic carbocycles. The van der Waals surface area contributed by atoms with Gasteiger partial charge in [0.15, 0.2) is 11.5 Å². The van der Waals surface area contributed by atoms with Crippen LogP contribution in [0, 0.1) is 24.6 Å². The van der Waals surface area contributed by atoms with E-state index in [0.29, 0.717) is 18.3 Å². The molecule has 44 heavy (non-hydrogen) atoms. The Morgan fingerprint density at radius 1 is 1.18 bits per heavy atom. The van der Waals surface area contributed by atoms with Crippen molar-refractivity contribution >= 4 is 34.9 Å². The monoisotopic (exact) mass is 625 g/mol. The second-order valence-corrected chi connectivity index (χ2v) is 11.4. The fourth-order valence-corrected chi connectivity index (χ4v) is 5.92. The zero-order chi connectivity index (χ0) is 31.3. The number of amides is 2. The highest BCUT2D eigenvalue weighted by atomic mass is 35.5. The number of halogens is 4. The van der Waals surface area contributed by atoms with Gasteiger partial charge in [0.25, 0.3) is 12.3 Å². The molecule has 1 aliphatic carbocycles. The second-order valence-electron chi connectivity index (χ2n) is 11.0. The van der Waals surface area contributed by atoms with Gasteiger partial charge in [-0.25, -0.2) is 23.1 Å². The number of aryl methyl sites for hydroxylation is 1. The van der Waals surface area contributed by atoms with Gasteiger partial charge < -0.3 is 10.4 Å². The first kappa shape index (κ1) is 29.7. The normalized spacial score (nSPS) is 18.4. The molecule has 0 bridgehead atoms. The number of rotatable bonds is 8. The third-order valence-electron chi connectivity index (χ3n) is 8.37.